The van der Waals surface area contributed by atoms with Crippen LogP contribution in [0.2, 0.25) is 0 Å². The van der Waals surface area contributed by atoms with Gasteiger partial charge in [-0.25, -0.2) is 0 Å². The topological polar surface area (TPSA) is 40.6 Å². The Hall–Kier alpha value is -3.24. The number of amides is 2. The molecule has 0 bridgehead atoms. The number of piperidine rings is 1. The third-order valence-electron chi connectivity index (χ3n) is 7.45. The summed E-state index contributed by atoms with van der Waals surface area (Å²) >= 11 is 0. The third kappa shape index (κ3) is 4.97. The van der Waals surface area contributed by atoms with E-state index in [-0.39, 0.29) is 23.8 Å². The molecule has 4 nitrogen and oxygen atoms in total. The van der Waals surface area contributed by atoms with Crippen molar-refractivity contribution in [1.82, 2.24) is 9.80 Å². The van der Waals surface area contributed by atoms with Crippen LogP contribution in [-0.2, 0) is 16.0 Å². The molecular formula is C30H32N2O2. The zero-order chi connectivity index (χ0) is 23.3. The van der Waals surface area contributed by atoms with E-state index in [4.69, 9.17) is 0 Å². The standard InChI is InChI=1S/C30H32N2O2/c33-29-21-28(31-18-16-24(17-19-31)20-23-10-4-1-5-11-23)30(34)32(29)22-27(25-12-6-2-7-13-25)26-14-8-3-9-15-26/h1-15,24,27-28H,16-22H2/t28-/m1/s1. The van der Waals surface area contributed by atoms with Crippen molar-refractivity contribution in [2.24, 2.45) is 5.92 Å². The van der Waals surface area contributed by atoms with E-state index in [9.17, 15) is 9.59 Å². The lowest BCUT2D eigenvalue weighted by Gasteiger charge is -2.35. The molecular weight excluding hydrogens is 420 g/mol. The molecule has 2 amide bonds. The molecule has 1 atom stereocenters. The second-order valence-corrected chi connectivity index (χ2v) is 9.61. The molecule has 5 rings (SSSR count). The zero-order valence-electron chi connectivity index (χ0n) is 19.6. The second kappa shape index (κ2) is 10.4. The fourth-order valence-corrected chi connectivity index (χ4v) is 5.52. The van der Waals surface area contributed by atoms with Crippen LogP contribution in [0, 0.1) is 5.92 Å². The Morgan fingerprint density at radius 2 is 1.26 bits per heavy atom. The first-order chi connectivity index (χ1) is 16.7. The average Bonchev–Trinajstić information content (AvgIpc) is 3.17. The van der Waals surface area contributed by atoms with Crippen LogP contribution in [0.5, 0.6) is 0 Å². The highest BCUT2D eigenvalue weighted by Crippen LogP contribution is 2.31. The van der Waals surface area contributed by atoms with E-state index < -0.39 is 0 Å². The molecule has 4 heteroatoms. The molecule has 2 heterocycles. The molecule has 3 aromatic carbocycles. The van der Waals surface area contributed by atoms with Crippen LogP contribution < -0.4 is 0 Å². The van der Waals surface area contributed by atoms with Crippen LogP contribution in [0.15, 0.2) is 91.0 Å². The Morgan fingerprint density at radius 1 is 0.735 bits per heavy atom. The maximum Gasteiger partial charge on any atom is 0.247 e. The van der Waals surface area contributed by atoms with Crippen molar-refractivity contribution in [2.75, 3.05) is 19.6 Å². The van der Waals surface area contributed by atoms with Crippen LogP contribution in [0.4, 0.5) is 0 Å². The molecule has 0 spiro atoms. The van der Waals surface area contributed by atoms with Gasteiger partial charge < -0.3 is 0 Å². The van der Waals surface area contributed by atoms with Crippen LogP contribution in [-0.4, -0.2) is 47.3 Å². The maximum atomic E-state index is 13.4. The van der Waals surface area contributed by atoms with Crippen molar-refractivity contribution in [3.8, 4) is 0 Å². The number of likely N-dealkylation sites (tertiary alicyclic amines) is 2. The van der Waals surface area contributed by atoms with Gasteiger partial charge in [0.2, 0.25) is 11.8 Å². The van der Waals surface area contributed by atoms with Gasteiger partial charge in [0.25, 0.3) is 0 Å². The number of carbonyl (C=O) groups excluding carboxylic acids is 2. The molecule has 0 aromatic heterocycles. The van der Waals surface area contributed by atoms with Crippen molar-refractivity contribution in [3.05, 3.63) is 108 Å². The lowest BCUT2D eigenvalue weighted by Crippen LogP contribution is -2.46. The lowest BCUT2D eigenvalue weighted by atomic mass is 9.89. The van der Waals surface area contributed by atoms with E-state index in [1.165, 1.54) is 10.5 Å². The quantitative estimate of drug-likeness (QED) is 0.479. The molecule has 0 unspecified atom stereocenters. The maximum absolute atomic E-state index is 13.4. The molecule has 0 N–H and O–H groups in total. The van der Waals surface area contributed by atoms with Gasteiger partial charge in [-0.3, -0.25) is 19.4 Å². The summed E-state index contributed by atoms with van der Waals surface area (Å²) in [6, 6.07) is 30.7. The number of hydrogen-bond donors (Lipinski definition) is 0. The second-order valence-electron chi connectivity index (χ2n) is 9.61. The number of rotatable bonds is 7. The minimum atomic E-state index is -0.308. The minimum absolute atomic E-state index is 0.0225. The van der Waals surface area contributed by atoms with E-state index in [0.29, 0.717) is 18.9 Å². The van der Waals surface area contributed by atoms with Crippen molar-refractivity contribution in [1.29, 1.82) is 0 Å². The van der Waals surface area contributed by atoms with Crippen LogP contribution in [0.25, 0.3) is 0 Å². The van der Waals surface area contributed by atoms with Crippen LogP contribution >= 0.6 is 0 Å². The van der Waals surface area contributed by atoms with Crippen molar-refractivity contribution in [2.45, 2.75) is 37.6 Å². The number of carbonyl (C=O) groups is 2. The van der Waals surface area contributed by atoms with E-state index in [0.717, 1.165) is 43.5 Å². The minimum Gasteiger partial charge on any atom is -0.292 e. The molecule has 0 aliphatic carbocycles. The van der Waals surface area contributed by atoms with Crippen molar-refractivity contribution >= 4 is 11.8 Å². The van der Waals surface area contributed by atoms with Gasteiger partial charge in [0.1, 0.15) is 0 Å². The molecule has 3 aromatic rings. The third-order valence-corrected chi connectivity index (χ3v) is 7.45. The smallest absolute Gasteiger partial charge is 0.247 e. The Morgan fingerprint density at radius 3 is 1.82 bits per heavy atom. The van der Waals surface area contributed by atoms with Crippen LogP contribution in [0.3, 0.4) is 0 Å². The van der Waals surface area contributed by atoms with Gasteiger partial charge in [-0.1, -0.05) is 91.0 Å². The Balaban J connectivity index is 1.25. The fraction of sp³-hybridized carbons (Fsp3) is 0.333. The normalized spacial score (nSPS) is 19.8. The number of nitrogens with zero attached hydrogens (tertiary/aromatic N) is 2. The monoisotopic (exact) mass is 452 g/mol. The highest BCUT2D eigenvalue weighted by Gasteiger charge is 2.43. The van der Waals surface area contributed by atoms with Gasteiger partial charge in [-0.2, -0.15) is 0 Å². The fourth-order valence-electron chi connectivity index (χ4n) is 5.52. The largest absolute Gasteiger partial charge is 0.292 e. The number of benzene rings is 3. The summed E-state index contributed by atoms with van der Waals surface area (Å²) in [6.45, 7) is 2.16. The lowest BCUT2D eigenvalue weighted by molar-refractivity contribution is -0.140. The summed E-state index contributed by atoms with van der Waals surface area (Å²) in [6.07, 6.45) is 3.54. The van der Waals surface area contributed by atoms with Gasteiger partial charge in [-0.15, -0.1) is 0 Å². The molecule has 34 heavy (non-hydrogen) atoms. The predicted octanol–water partition coefficient (Wildman–Crippen LogP) is 4.90. The first-order valence-electron chi connectivity index (χ1n) is 12.4. The van der Waals surface area contributed by atoms with Gasteiger partial charge >= 0.3 is 0 Å². The SMILES string of the molecule is O=C1C[C@@H](N2CCC(Cc3ccccc3)CC2)C(=O)N1CC(c1ccccc1)c1ccccc1. The summed E-state index contributed by atoms with van der Waals surface area (Å²) in [7, 11) is 0. The first kappa shape index (κ1) is 22.5. The Kier molecular flexibility index (Phi) is 6.87. The molecule has 0 saturated carbocycles. The molecule has 2 fully saturated rings. The molecule has 0 radical (unpaired) electrons. The predicted molar refractivity (Wildman–Crippen MR) is 134 cm³/mol. The summed E-state index contributed by atoms with van der Waals surface area (Å²) < 4.78 is 0. The van der Waals surface area contributed by atoms with E-state index in [2.05, 4.69) is 59.5 Å². The number of hydrogen-bond acceptors (Lipinski definition) is 3. The summed E-state index contributed by atoms with van der Waals surface area (Å²) in [5.41, 5.74) is 3.63. The molecule has 2 aliphatic heterocycles. The van der Waals surface area contributed by atoms with Gasteiger partial charge in [0, 0.05) is 12.5 Å². The Bertz CT molecular complexity index is 1050. The van der Waals surface area contributed by atoms with Gasteiger partial charge in [0.05, 0.1) is 12.5 Å². The van der Waals surface area contributed by atoms with E-state index in [1.54, 1.807) is 0 Å². The van der Waals surface area contributed by atoms with Gasteiger partial charge in [0.15, 0.2) is 0 Å². The molecule has 2 aliphatic rings. The first-order valence-corrected chi connectivity index (χ1v) is 12.4. The number of imide groups is 1. The van der Waals surface area contributed by atoms with E-state index >= 15 is 0 Å². The van der Waals surface area contributed by atoms with Crippen molar-refractivity contribution < 1.29 is 9.59 Å². The van der Waals surface area contributed by atoms with Crippen LogP contribution in [0.1, 0.15) is 41.9 Å². The average molecular weight is 453 g/mol. The summed E-state index contributed by atoms with van der Waals surface area (Å²) in [4.78, 5) is 30.2. The van der Waals surface area contributed by atoms with Gasteiger partial charge in [-0.05, 0) is 55.0 Å². The summed E-state index contributed by atoms with van der Waals surface area (Å²) in [5, 5.41) is 0. The Labute approximate surface area is 202 Å². The summed E-state index contributed by atoms with van der Waals surface area (Å²) in [5.74, 6) is 0.551. The molecule has 2 saturated heterocycles. The zero-order valence-corrected chi connectivity index (χ0v) is 19.6. The highest BCUT2D eigenvalue weighted by molar-refractivity contribution is 6.05. The van der Waals surface area contributed by atoms with Crippen molar-refractivity contribution in [3.63, 3.8) is 0 Å². The molecule has 174 valence electrons. The van der Waals surface area contributed by atoms with E-state index in [1.807, 2.05) is 36.4 Å². The highest BCUT2D eigenvalue weighted by atomic mass is 16.2.